The van der Waals surface area contributed by atoms with Gasteiger partial charge in [0.15, 0.2) is 46.0 Å². The molecule has 0 unspecified atom stereocenters. The van der Waals surface area contributed by atoms with Crippen molar-refractivity contribution in [2.75, 3.05) is 54.6 Å². The molecule has 1 saturated carbocycles. The second-order valence-electron chi connectivity index (χ2n) is 31.5. The van der Waals surface area contributed by atoms with Crippen molar-refractivity contribution in [3.63, 3.8) is 0 Å². The molecule has 4 aromatic heterocycles. The number of pyridine rings is 4. The fourth-order valence-electron chi connectivity index (χ4n) is 13.6. The van der Waals surface area contributed by atoms with Gasteiger partial charge in [0.05, 0.1) is 28.4 Å². The van der Waals surface area contributed by atoms with Crippen molar-refractivity contribution in [3.05, 3.63) is 359 Å². The Hall–Kier alpha value is -13.4. The smallest absolute Gasteiger partial charge is 0.228 e. The lowest BCUT2D eigenvalue weighted by atomic mass is 9.84. The second-order valence-corrected chi connectivity index (χ2v) is 31.5. The summed E-state index contributed by atoms with van der Waals surface area (Å²) in [4.78, 5) is 76.2. The minimum atomic E-state index is -0.465. The zero-order valence-electron chi connectivity index (χ0n) is 73.3. The maximum Gasteiger partial charge on any atom is 0.228 e. The molecule has 8 aromatic carbocycles. The largest absolute Gasteiger partial charge is 0.493 e. The van der Waals surface area contributed by atoms with E-state index in [1.165, 1.54) is 0 Å². The number of amides is 4. The van der Waals surface area contributed by atoms with Gasteiger partial charge in [-0.3, -0.25) is 39.1 Å². The van der Waals surface area contributed by atoms with E-state index in [9.17, 15) is 19.2 Å². The van der Waals surface area contributed by atoms with Gasteiger partial charge in [-0.1, -0.05) is 211 Å². The van der Waals surface area contributed by atoms with Gasteiger partial charge < -0.3 is 57.5 Å². The van der Waals surface area contributed by atoms with E-state index in [1.807, 2.05) is 321 Å². The maximum absolute atomic E-state index is 13.1. The van der Waals surface area contributed by atoms with Gasteiger partial charge in [-0.25, -0.2) is 0 Å². The Morgan fingerprint density at radius 3 is 0.879 bits per heavy atom. The van der Waals surface area contributed by atoms with Crippen molar-refractivity contribution in [1.29, 1.82) is 0 Å². The molecule has 1 fully saturated rings. The molecule has 646 valence electrons. The minimum absolute atomic E-state index is 0.0318. The Kier molecular flexibility index (Phi) is 37.1. The van der Waals surface area contributed by atoms with Crippen molar-refractivity contribution in [2.45, 2.75) is 139 Å². The van der Waals surface area contributed by atoms with E-state index < -0.39 is 5.41 Å². The second kappa shape index (κ2) is 49.5. The number of carbonyl (C=O) groups excluding carboxylic acids is 4. The lowest BCUT2D eigenvalue weighted by molar-refractivity contribution is -0.140. The number of nitrogens with zero attached hydrogens (tertiary/aromatic N) is 8. The van der Waals surface area contributed by atoms with Crippen LogP contribution >= 0.6 is 0 Å². The van der Waals surface area contributed by atoms with E-state index in [-0.39, 0.29) is 35.5 Å². The molecule has 0 aliphatic heterocycles. The molecule has 0 bridgehead atoms. The number of aromatic nitrogens is 4. The maximum atomic E-state index is 13.1. The molecule has 124 heavy (non-hydrogen) atoms. The number of rotatable bonds is 38. The molecule has 1 aliphatic rings. The third-order valence-corrected chi connectivity index (χ3v) is 20.8. The first kappa shape index (κ1) is 92.9. The van der Waals surface area contributed by atoms with Gasteiger partial charge >= 0.3 is 0 Å². The van der Waals surface area contributed by atoms with Gasteiger partial charge in [0.1, 0.15) is 26.4 Å². The average Bonchev–Trinajstić information content (AvgIpc) is 0.825. The lowest BCUT2D eigenvalue weighted by Gasteiger charge is -2.32. The van der Waals surface area contributed by atoms with E-state index in [0.717, 1.165) is 99.4 Å². The van der Waals surface area contributed by atoms with E-state index in [1.54, 1.807) is 60.2 Å². The molecule has 0 spiro atoms. The summed E-state index contributed by atoms with van der Waals surface area (Å²) in [5.41, 5.74) is 11.9. The van der Waals surface area contributed by atoms with Crippen molar-refractivity contribution in [3.8, 4) is 46.0 Å². The normalized spacial score (nSPS) is 11.4. The van der Waals surface area contributed by atoms with Crippen LogP contribution in [-0.2, 0) is 97.5 Å². The minimum Gasteiger partial charge on any atom is -0.493 e. The molecule has 20 nitrogen and oxygen atoms in total. The summed E-state index contributed by atoms with van der Waals surface area (Å²) in [6.45, 7) is 17.7. The number of benzene rings is 8. The van der Waals surface area contributed by atoms with Gasteiger partial charge in [-0.2, -0.15) is 0 Å². The van der Waals surface area contributed by atoms with Crippen LogP contribution in [0.5, 0.6) is 46.0 Å². The average molecular weight is 1670 g/mol. The number of carbonyl (C=O) groups is 4. The summed E-state index contributed by atoms with van der Waals surface area (Å²) in [6.07, 6.45) is 13.2. The first-order valence-corrected chi connectivity index (χ1v) is 42.4. The van der Waals surface area contributed by atoms with E-state index in [0.29, 0.717) is 138 Å². The van der Waals surface area contributed by atoms with Gasteiger partial charge in [-0.15, -0.1) is 0 Å². The highest BCUT2D eigenvalue weighted by atomic mass is 16.5. The van der Waals surface area contributed by atoms with Crippen LogP contribution in [-0.4, -0.2) is 118 Å². The van der Waals surface area contributed by atoms with Crippen LogP contribution in [0.2, 0.25) is 0 Å². The van der Waals surface area contributed by atoms with Crippen molar-refractivity contribution >= 4 is 23.6 Å². The summed E-state index contributed by atoms with van der Waals surface area (Å²) >= 11 is 0. The fourth-order valence-corrected chi connectivity index (χ4v) is 13.6. The van der Waals surface area contributed by atoms with Gasteiger partial charge in [0.25, 0.3) is 0 Å². The molecule has 4 amide bonds. The monoisotopic (exact) mass is 1670 g/mol. The zero-order chi connectivity index (χ0) is 87.7. The summed E-state index contributed by atoms with van der Waals surface area (Å²) in [5, 5.41) is 0. The standard InChI is InChI=1S/C27H30N2O3.C27H32N2O3.C26H30N2O3.C24H26N2O3/c1-31-26-18-22(13-14-25(26)32-20-21-8-3-2-4-9-21)19-29(27(30)23-10-7-11-23)17-15-24-12-5-6-16-28-24;1-27(2,3)26(30)29(17-15-23-12-8-9-16-28-23)19-22-13-14-24(25(18-22)31-4)32-20-21-10-6-5-7-11-21;1-20(2)26(29)28(16-14-23-11-7-8-15-27-23)18-22-12-13-24(25(17-22)30-3)31-19-21-9-5-4-6-10-21;1-19(27)26(15-13-22-10-6-7-14-25-22)17-21-11-12-23(24(16-21)28-2)29-18-20-8-4-3-5-9-20/h2-6,8-9,12-14,16,18,23H,7,10-11,15,17,19-20H2,1H3;5-14,16,18H,15,17,19-20H2,1-4H3;4-13,15,17,20H,14,16,18-19H2,1-3H3;3-12,14,16H,13,15,17-18H2,1-2H3. The first-order valence-electron chi connectivity index (χ1n) is 42.4. The predicted molar refractivity (Wildman–Crippen MR) is 486 cm³/mol. The topological polar surface area (TPSA) is 207 Å². The van der Waals surface area contributed by atoms with Crippen LogP contribution in [0.4, 0.5) is 0 Å². The molecule has 20 heteroatoms. The zero-order valence-corrected chi connectivity index (χ0v) is 73.3. The molecule has 4 heterocycles. The Morgan fingerprint density at radius 2 is 0.613 bits per heavy atom. The van der Waals surface area contributed by atoms with Crippen LogP contribution in [0.1, 0.15) is 128 Å². The number of methoxy groups -OCH3 is 4. The Labute approximate surface area is 732 Å². The number of hydrogen-bond donors (Lipinski definition) is 0. The molecule has 0 radical (unpaired) electrons. The Bertz CT molecular complexity index is 5170. The quantitative estimate of drug-likeness (QED) is 0.0353. The molecule has 0 atom stereocenters. The molecule has 0 N–H and O–H groups in total. The fraction of sp³-hybridized carbons (Fsp3) is 0.308. The van der Waals surface area contributed by atoms with Gasteiger partial charge in [0, 0.05) is 150 Å². The van der Waals surface area contributed by atoms with Crippen molar-refractivity contribution in [1.82, 2.24) is 39.5 Å². The SMILES string of the molecule is COc1cc(CN(CCc2ccccn2)C(=O)C(C)(C)C)ccc1OCc1ccccc1.COc1cc(CN(CCc2ccccn2)C(=O)C(C)C)ccc1OCc1ccccc1.COc1cc(CN(CCc2ccccn2)C(=O)C2CCC2)ccc1OCc1ccccc1.COc1cc(CN(CCc2ccccn2)C(C)=O)ccc1OCc1ccccc1. The number of hydrogen-bond acceptors (Lipinski definition) is 16. The third-order valence-electron chi connectivity index (χ3n) is 20.8. The van der Waals surface area contributed by atoms with Gasteiger partial charge in [-0.05, 0) is 154 Å². The molecular weight excluding hydrogens is 1550 g/mol. The van der Waals surface area contributed by atoms with Crippen LogP contribution in [0.25, 0.3) is 0 Å². The van der Waals surface area contributed by atoms with E-state index in [4.69, 9.17) is 37.9 Å². The lowest BCUT2D eigenvalue weighted by Crippen LogP contribution is -2.40. The van der Waals surface area contributed by atoms with Crippen molar-refractivity contribution < 1.29 is 57.1 Å². The van der Waals surface area contributed by atoms with Crippen LogP contribution in [0.15, 0.2) is 292 Å². The summed E-state index contributed by atoms with van der Waals surface area (Å²) in [6, 6.07) is 86.9. The van der Waals surface area contributed by atoms with Gasteiger partial charge in [0.2, 0.25) is 23.6 Å². The third kappa shape index (κ3) is 30.7. The van der Waals surface area contributed by atoms with Crippen molar-refractivity contribution in [2.24, 2.45) is 17.3 Å². The summed E-state index contributed by atoms with van der Waals surface area (Å²) < 4.78 is 46.0. The molecule has 1 aliphatic carbocycles. The predicted octanol–water partition coefficient (Wildman–Crippen LogP) is 19.5. The van der Waals surface area contributed by atoms with Crippen LogP contribution in [0, 0.1) is 17.3 Å². The van der Waals surface area contributed by atoms with Crippen LogP contribution in [0.3, 0.4) is 0 Å². The summed E-state index contributed by atoms with van der Waals surface area (Å²) in [7, 11) is 6.53. The Balaban J connectivity index is 0.000000173. The molecule has 0 saturated heterocycles. The molecular formula is C104H118N8O12. The van der Waals surface area contributed by atoms with Crippen LogP contribution < -0.4 is 37.9 Å². The molecule has 13 rings (SSSR count). The van der Waals surface area contributed by atoms with E-state index >= 15 is 0 Å². The highest BCUT2D eigenvalue weighted by Gasteiger charge is 2.31. The highest BCUT2D eigenvalue weighted by molar-refractivity contribution is 5.82. The first-order chi connectivity index (χ1) is 60.3. The summed E-state index contributed by atoms with van der Waals surface area (Å²) in [5.74, 6) is 6.01. The molecule has 12 aromatic rings. The number of ether oxygens (including phenoxy) is 8. The highest BCUT2D eigenvalue weighted by Crippen LogP contribution is 2.36. The van der Waals surface area contributed by atoms with E-state index in [2.05, 4.69) is 19.9 Å². The Morgan fingerprint density at radius 1 is 0.339 bits per heavy atom.